The molecule has 0 saturated heterocycles. The number of aliphatic imine (C=N–C) groups is 1. The quantitative estimate of drug-likeness (QED) is 0.450. The summed E-state index contributed by atoms with van der Waals surface area (Å²) in [5, 5.41) is 9.07. The van der Waals surface area contributed by atoms with Gasteiger partial charge in [0.1, 0.15) is 5.75 Å². The Morgan fingerprint density at radius 1 is 1.00 bits per heavy atom. The average molecular weight is 422 g/mol. The summed E-state index contributed by atoms with van der Waals surface area (Å²) in [4.78, 5) is 15.2. The van der Waals surface area contributed by atoms with Gasteiger partial charge in [-0.1, -0.05) is 24.3 Å². The van der Waals surface area contributed by atoms with Gasteiger partial charge in [0.2, 0.25) is 5.91 Å². The molecule has 0 aliphatic carbocycles. The molecule has 0 bridgehead atoms. The molecule has 2 rings (SSSR count). The summed E-state index contributed by atoms with van der Waals surface area (Å²) in [6.07, 6.45) is -3.59. The van der Waals surface area contributed by atoms with Crippen LogP contribution in [-0.2, 0) is 17.8 Å². The van der Waals surface area contributed by atoms with Crippen molar-refractivity contribution in [3.63, 3.8) is 0 Å². The summed E-state index contributed by atoms with van der Waals surface area (Å²) in [6.45, 7) is 1.28. The second kappa shape index (κ2) is 11.1. The van der Waals surface area contributed by atoms with Crippen molar-refractivity contribution in [2.24, 2.45) is 4.99 Å². The molecule has 0 heterocycles. The van der Waals surface area contributed by atoms with Gasteiger partial charge in [0.25, 0.3) is 0 Å². The highest BCUT2D eigenvalue weighted by atomic mass is 19.4. The van der Waals surface area contributed by atoms with Gasteiger partial charge >= 0.3 is 6.18 Å². The summed E-state index contributed by atoms with van der Waals surface area (Å²) >= 11 is 0. The minimum absolute atomic E-state index is 0.109. The topological polar surface area (TPSA) is 74.8 Å². The molecule has 0 saturated carbocycles. The monoisotopic (exact) mass is 422 g/mol. The average Bonchev–Trinajstić information content (AvgIpc) is 2.70. The third-order valence-corrected chi connectivity index (χ3v) is 3.99. The lowest BCUT2D eigenvalue weighted by Gasteiger charge is -2.13. The lowest BCUT2D eigenvalue weighted by atomic mass is 10.1. The van der Waals surface area contributed by atoms with Crippen LogP contribution in [0.2, 0.25) is 0 Å². The number of rotatable bonds is 8. The van der Waals surface area contributed by atoms with Gasteiger partial charge in [-0.2, -0.15) is 13.2 Å². The molecule has 162 valence electrons. The molecule has 30 heavy (non-hydrogen) atoms. The lowest BCUT2D eigenvalue weighted by molar-refractivity contribution is -0.153. The number of hydrogen-bond acceptors (Lipinski definition) is 3. The Balaban J connectivity index is 1.73. The van der Waals surface area contributed by atoms with Gasteiger partial charge in [-0.25, -0.2) is 0 Å². The van der Waals surface area contributed by atoms with Crippen LogP contribution < -0.4 is 20.7 Å². The Labute approximate surface area is 173 Å². The van der Waals surface area contributed by atoms with Gasteiger partial charge in [0.15, 0.2) is 12.6 Å². The minimum atomic E-state index is -4.36. The van der Waals surface area contributed by atoms with Crippen LogP contribution in [0.1, 0.15) is 18.1 Å². The Bertz CT molecular complexity index is 835. The van der Waals surface area contributed by atoms with E-state index in [-0.39, 0.29) is 11.7 Å². The standard InChI is InChI=1S/C21H25F3N4O2/c1-15(29)28-18-7-3-16(4-8-18)11-12-26-20(25-2)27-13-17-5-9-19(10-6-17)30-14-21(22,23)24/h3-10H,11-14H2,1-2H3,(H,28,29)(H2,25,26,27). The summed E-state index contributed by atoms with van der Waals surface area (Å²) in [5.41, 5.74) is 2.75. The first kappa shape index (κ1) is 23.1. The van der Waals surface area contributed by atoms with Gasteiger partial charge in [0, 0.05) is 32.7 Å². The van der Waals surface area contributed by atoms with E-state index in [1.807, 2.05) is 24.3 Å². The number of carbonyl (C=O) groups excluding carboxylic acids is 1. The number of nitrogens with one attached hydrogen (secondary N) is 3. The van der Waals surface area contributed by atoms with Gasteiger partial charge in [-0.05, 0) is 41.8 Å². The third kappa shape index (κ3) is 8.85. The van der Waals surface area contributed by atoms with Crippen molar-refractivity contribution in [2.45, 2.75) is 26.1 Å². The predicted octanol–water partition coefficient (Wildman–Crippen LogP) is 3.49. The fourth-order valence-corrected chi connectivity index (χ4v) is 2.56. The van der Waals surface area contributed by atoms with E-state index in [1.165, 1.54) is 19.1 Å². The molecule has 6 nitrogen and oxygen atoms in total. The van der Waals surface area contributed by atoms with Crippen LogP contribution in [0, 0.1) is 0 Å². The number of benzene rings is 2. The van der Waals surface area contributed by atoms with Crippen molar-refractivity contribution in [3.8, 4) is 5.75 Å². The number of ether oxygens (including phenoxy) is 1. The van der Waals surface area contributed by atoms with E-state index in [0.29, 0.717) is 19.0 Å². The zero-order valence-electron chi connectivity index (χ0n) is 16.8. The number of nitrogens with zero attached hydrogens (tertiary/aromatic N) is 1. The SMILES string of the molecule is CN=C(NCCc1ccc(NC(C)=O)cc1)NCc1ccc(OCC(F)(F)F)cc1. The molecule has 0 aliphatic rings. The van der Waals surface area contributed by atoms with Crippen molar-refractivity contribution in [1.29, 1.82) is 0 Å². The summed E-state index contributed by atoms with van der Waals surface area (Å²) in [7, 11) is 1.66. The number of carbonyl (C=O) groups is 1. The van der Waals surface area contributed by atoms with Crippen LogP contribution in [0.15, 0.2) is 53.5 Å². The number of halogens is 3. The predicted molar refractivity (Wildman–Crippen MR) is 111 cm³/mol. The normalized spacial score (nSPS) is 11.7. The molecule has 0 atom stereocenters. The molecule has 0 spiro atoms. The van der Waals surface area contributed by atoms with Crippen LogP contribution in [0.4, 0.5) is 18.9 Å². The van der Waals surface area contributed by atoms with Crippen LogP contribution in [0.25, 0.3) is 0 Å². The first-order valence-corrected chi connectivity index (χ1v) is 9.35. The highest BCUT2D eigenvalue weighted by molar-refractivity contribution is 5.88. The van der Waals surface area contributed by atoms with E-state index < -0.39 is 12.8 Å². The molecule has 2 aromatic rings. The highest BCUT2D eigenvalue weighted by Gasteiger charge is 2.28. The maximum absolute atomic E-state index is 12.2. The largest absolute Gasteiger partial charge is 0.484 e. The van der Waals surface area contributed by atoms with Crippen LogP contribution in [0.3, 0.4) is 0 Å². The van der Waals surface area contributed by atoms with Crippen molar-refractivity contribution in [3.05, 3.63) is 59.7 Å². The van der Waals surface area contributed by atoms with Gasteiger partial charge < -0.3 is 20.7 Å². The smallest absolute Gasteiger partial charge is 0.422 e. The van der Waals surface area contributed by atoms with Gasteiger partial charge in [-0.3, -0.25) is 9.79 Å². The first-order chi connectivity index (χ1) is 14.2. The van der Waals surface area contributed by atoms with Crippen LogP contribution >= 0.6 is 0 Å². The molecule has 3 N–H and O–H groups in total. The summed E-state index contributed by atoms with van der Waals surface area (Å²) in [6, 6.07) is 14.0. The summed E-state index contributed by atoms with van der Waals surface area (Å²) in [5.74, 6) is 0.674. The van der Waals surface area contributed by atoms with Crippen molar-refractivity contribution >= 4 is 17.6 Å². The Hall–Kier alpha value is -3.23. The molecular weight excluding hydrogens is 397 g/mol. The molecule has 9 heteroatoms. The maximum Gasteiger partial charge on any atom is 0.422 e. The summed E-state index contributed by atoms with van der Waals surface area (Å²) < 4.78 is 41.2. The molecule has 0 unspecified atom stereocenters. The molecule has 0 aliphatic heterocycles. The van der Waals surface area contributed by atoms with Crippen molar-refractivity contribution < 1.29 is 22.7 Å². The van der Waals surface area contributed by atoms with Crippen molar-refractivity contribution in [1.82, 2.24) is 10.6 Å². The minimum Gasteiger partial charge on any atom is -0.484 e. The number of alkyl halides is 3. The second-order valence-electron chi connectivity index (χ2n) is 6.53. The number of anilines is 1. The fourth-order valence-electron chi connectivity index (χ4n) is 2.56. The molecule has 0 fully saturated rings. The Morgan fingerprint density at radius 3 is 2.20 bits per heavy atom. The van der Waals surface area contributed by atoms with Crippen LogP contribution in [0.5, 0.6) is 5.75 Å². The van der Waals surface area contributed by atoms with Gasteiger partial charge in [-0.15, -0.1) is 0 Å². The molecule has 0 radical (unpaired) electrons. The highest BCUT2D eigenvalue weighted by Crippen LogP contribution is 2.18. The van der Waals surface area contributed by atoms with E-state index in [2.05, 4.69) is 20.9 Å². The van der Waals surface area contributed by atoms with E-state index in [4.69, 9.17) is 4.74 Å². The van der Waals surface area contributed by atoms with Gasteiger partial charge in [0.05, 0.1) is 0 Å². The fraction of sp³-hybridized carbons (Fsp3) is 0.333. The lowest BCUT2D eigenvalue weighted by Crippen LogP contribution is -2.37. The molecular formula is C21H25F3N4O2. The number of guanidine groups is 1. The molecule has 1 amide bonds. The number of amides is 1. The van der Waals surface area contributed by atoms with E-state index >= 15 is 0 Å². The Morgan fingerprint density at radius 2 is 1.63 bits per heavy atom. The molecule has 0 aromatic heterocycles. The molecule has 2 aromatic carbocycles. The van der Waals surface area contributed by atoms with Crippen LogP contribution in [-0.4, -0.2) is 38.2 Å². The van der Waals surface area contributed by atoms with Crippen molar-refractivity contribution in [2.75, 3.05) is 25.5 Å². The first-order valence-electron chi connectivity index (χ1n) is 9.35. The zero-order valence-corrected chi connectivity index (χ0v) is 16.8. The third-order valence-electron chi connectivity index (χ3n) is 3.99. The van der Waals surface area contributed by atoms with E-state index in [9.17, 15) is 18.0 Å². The second-order valence-corrected chi connectivity index (χ2v) is 6.53. The number of hydrogen-bond donors (Lipinski definition) is 3. The maximum atomic E-state index is 12.2. The van der Waals surface area contributed by atoms with E-state index in [1.54, 1.807) is 19.2 Å². The Kier molecular flexibility index (Phi) is 8.52. The van der Waals surface area contributed by atoms with E-state index in [0.717, 1.165) is 23.2 Å². The zero-order chi connectivity index (χ0) is 22.0.